The molecule has 11 nitrogen and oxygen atoms in total. The van der Waals surface area contributed by atoms with E-state index in [1.165, 1.54) is 35.4 Å². The topological polar surface area (TPSA) is 121 Å². The summed E-state index contributed by atoms with van der Waals surface area (Å²) in [5.41, 5.74) is 0.903. The molecule has 13 heteroatoms. The Morgan fingerprint density at radius 2 is 1.69 bits per heavy atom. The Hall–Kier alpha value is -4.52. The maximum Gasteiger partial charge on any atom is 0.410 e. The van der Waals surface area contributed by atoms with Gasteiger partial charge >= 0.3 is 12.2 Å². The number of likely N-dealkylation sites (N-methyl/N-ethyl adjacent to an activating group) is 1. The van der Waals surface area contributed by atoms with Gasteiger partial charge in [-0.25, -0.2) is 19.0 Å². The molecule has 3 heterocycles. The minimum atomic E-state index is -0.942. The van der Waals surface area contributed by atoms with Crippen LogP contribution in [0.4, 0.5) is 14.0 Å². The van der Waals surface area contributed by atoms with Crippen molar-refractivity contribution in [1.29, 1.82) is 0 Å². The standard InChI is InChI=1S/C38H48FN5O6S/c1-23(42(8)35(47)50-38(5,6)7)32(45)41-31(37(2,3)4)34(46)43-19-18-29-30(43)27(20-44(29)36(48)49-21-24-12-10-9-11-13-24)28-22-51-33(40-28)25-14-16-26(39)17-15-25/h9-17,22-23,27,29-31H,18-21H2,1-8H3,(H,41,45)/t23-,27+,29+,30+,31+/m0/s1. The van der Waals surface area contributed by atoms with Gasteiger partial charge in [0, 0.05) is 37.0 Å². The third kappa shape index (κ3) is 8.69. The number of aromatic nitrogens is 1. The second-order valence-electron chi connectivity index (χ2n) is 15.3. The molecule has 0 spiro atoms. The normalized spacial score (nSPS) is 20.0. The number of amides is 4. The summed E-state index contributed by atoms with van der Waals surface area (Å²) in [4.78, 5) is 64.2. The number of rotatable bonds is 8. The van der Waals surface area contributed by atoms with Crippen LogP contribution in [0, 0.1) is 11.2 Å². The summed E-state index contributed by atoms with van der Waals surface area (Å²) in [6, 6.07) is 12.9. The van der Waals surface area contributed by atoms with Crippen LogP contribution in [-0.2, 0) is 25.7 Å². The van der Waals surface area contributed by atoms with E-state index in [2.05, 4.69) is 5.32 Å². The molecule has 4 amide bonds. The van der Waals surface area contributed by atoms with Crippen molar-refractivity contribution in [1.82, 2.24) is 25.0 Å². The van der Waals surface area contributed by atoms with Gasteiger partial charge in [0.25, 0.3) is 0 Å². The van der Waals surface area contributed by atoms with E-state index in [-0.39, 0.29) is 36.8 Å². The van der Waals surface area contributed by atoms with E-state index in [1.54, 1.807) is 49.6 Å². The summed E-state index contributed by atoms with van der Waals surface area (Å²) in [6.07, 6.45) is -0.605. The first-order valence-electron chi connectivity index (χ1n) is 17.2. The Morgan fingerprint density at radius 3 is 2.31 bits per heavy atom. The lowest BCUT2D eigenvalue weighted by Gasteiger charge is -2.37. The Kier molecular flexibility index (Phi) is 11.1. The molecule has 3 aromatic rings. The molecule has 2 aromatic carbocycles. The second-order valence-corrected chi connectivity index (χ2v) is 16.2. The molecule has 274 valence electrons. The highest BCUT2D eigenvalue weighted by Gasteiger charge is 2.55. The summed E-state index contributed by atoms with van der Waals surface area (Å²) in [7, 11) is 1.49. The maximum absolute atomic E-state index is 14.6. The van der Waals surface area contributed by atoms with Crippen molar-refractivity contribution in [2.45, 2.75) is 97.2 Å². The monoisotopic (exact) mass is 721 g/mol. The van der Waals surface area contributed by atoms with E-state index < -0.39 is 47.2 Å². The lowest BCUT2D eigenvalue weighted by molar-refractivity contribution is -0.141. The van der Waals surface area contributed by atoms with Gasteiger partial charge in [-0.1, -0.05) is 51.1 Å². The number of likely N-dealkylation sites (tertiary alicyclic amines) is 2. The SMILES string of the molecule is C[C@@H](C(=O)N[C@H](C(=O)N1CC[C@@H]2[C@H]1[C@@H](c1csc(-c3ccc(F)cc3)n1)CN2C(=O)OCc1ccccc1)C(C)(C)C)N(C)C(=O)OC(C)(C)C. The van der Waals surface area contributed by atoms with Crippen molar-refractivity contribution in [2.75, 3.05) is 20.1 Å². The van der Waals surface area contributed by atoms with Crippen molar-refractivity contribution in [3.05, 3.63) is 77.1 Å². The first-order valence-corrected chi connectivity index (χ1v) is 18.1. The summed E-state index contributed by atoms with van der Waals surface area (Å²) in [5.74, 6) is -1.46. The van der Waals surface area contributed by atoms with Crippen LogP contribution in [0.5, 0.6) is 0 Å². The molecule has 0 bridgehead atoms. The number of nitrogens with zero attached hydrogens (tertiary/aromatic N) is 4. The van der Waals surface area contributed by atoms with Crippen LogP contribution in [-0.4, -0.2) is 93.6 Å². The number of benzene rings is 2. The molecule has 2 aliphatic rings. The summed E-state index contributed by atoms with van der Waals surface area (Å²) in [5, 5.41) is 5.57. The van der Waals surface area contributed by atoms with Crippen LogP contribution in [0.15, 0.2) is 60.0 Å². The highest BCUT2D eigenvalue weighted by atomic mass is 32.1. The van der Waals surface area contributed by atoms with Crippen LogP contribution in [0.2, 0.25) is 0 Å². The first-order chi connectivity index (χ1) is 23.9. The molecule has 0 aliphatic carbocycles. The summed E-state index contributed by atoms with van der Waals surface area (Å²) in [6.45, 7) is 13.2. The minimum Gasteiger partial charge on any atom is -0.445 e. The fourth-order valence-electron chi connectivity index (χ4n) is 6.54. The van der Waals surface area contributed by atoms with Crippen molar-refractivity contribution in [3.63, 3.8) is 0 Å². The van der Waals surface area contributed by atoms with Crippen molar-refractivity contribution in [3.8, 4) is 10.6 Å². The molecule has 5 rings (SSSR count). The van der Waals surface area contributed by atoms with Gasteiger partial charge in [0.2, 0.25) is 11.8 Å². The molecule has 0 radical (unpaired) electrons. The average molecular weight is 722 g/mol. The van der Waals surface area contributed by atoms with Gasteiger partial charge in [0.15, 0.2) is 0 Å². The Labute approximate surface area is 303 Å². The van der Waals surface area contributed by atoms with Gasteiger partial charge in [-0.3, -0.25) is 14.5 Å². The lowest BCUT2D eigenvalue weighted by Crippen LogP contribution is -2.59. The third-order valence-electron chi connectivity index (χ3n) is 9.38. The second kappa shape index (κ2) is 15.0. The minimum absolute atomic E-state index is 0.111. The van der Waals surface area contributed by atoms with Crippen LogP contribution in [0.1, 0.15) is 72.1 Å². The van der Waals surface area contributed by atoms with Crippen molar-refractivity contribution >= 4 is 35.3 Å². The zero-order valence-electron chi connectivity index (χ0n) is 30.5. The van der Waals surface area contributed by atoms with Gasteiger partial charge in [-0.05, 0) is 69.4 Å². The molecule has 2 fully saturated rings. The van der Waals surface area contributed by atoms with Crippen molar-refractivity contribution < 1.29 is 33.0 Å². The van der Waals surface area contributed by atoms with Crippen LogP contribution in [0.3, 0.4) is 0 Å². The fourth-order valence-corrected chi connectivity index (χ4v) is 7.43. The lowest BCUT2D eigenvalue weighted by atomic mass is 9.85. The average Bonchev–Trinajstić information content (AvgIpc) is 3.81. The molecule has 1 aromatic heterocycles. The number of halogens is 1. The van der Waals surface area contributed by atoms with E-state index >= 15 is 0 Å². The van der Waals surface area contributed by atoms with Gasteiger partial charge in [0.1, 0.15) is 35.1 Å². The number of ether oxygens (including phenoxy) is 2. The molecular formula is C38H48FN5O6S. The number of hydrogen-bond acceptors (Lipinski definition) is 8. The highest BCUT2D eigenvalue weighted by molar-refractivity contribution is 7.13. The largest absolute Gasteiger partial charge is 0.445 e. The van der Waals surface area contributed by atoms with Gasteiger partial charge in [-0.2, -0.15) is 0 Å². The molecule has 51 heavy (non-hydrogen) atoms. The zero-order valence-corrected chi connectivity index (χ0v) is 31.3. The Bertz CT molecular complexity index is 1720. The molecule has 1 N–H and O–H groups in total. The summed E-state index contributed by atoms with van der Waals surface area (Å²) < 4.78 is 24.9. The van der Waals surface area contributed by atoms with E-state index in [9.17, 15) is 23.6 Å². The molecule has 0 saturated carbocycles. The highest BCUT2D eigenvalue weighted by Crippen LogP contribution is 2.43. The number of nitrogens with one attached hydrogen (secondary N) is 1. The predicted octanol–water partition coefficient (Wildman–Crippen LogP) is 6.44. The molecular weight excluding hydrogens is 674 g/mol. The molecule has 2 aliphatic heterocycles. The smallest absolute Gasteiger partial charge is 0.410 e. The van der Waals surface area contributed by atoms with Crippen LogP contribution < -0.4 is 5.32 Å². The number of carbonyl (C=O) groups is 4. The third-order valence-corrected chi connectivity index (χ3v) is 10.3. The number of thiazole rings is 1. The number of fused-ring (bicyclic) bond motifs is 1. The first kappa shape index (κ1) is 37.7. The number of hydrogen-bond donors (Lipinski definition) is 1. The summed E-state index contributed by atoms with van der Waals surface area (Å²) >= 11 is 1.42. The van der Waals surface area contributed by atoms with E-state index in [1.807, 2.05) is 56.5 Å². The predicted molar refractivity (Wildman–Crippen MR) is 192 cm³/mol. The molecule has 0 unspecified atom stereocenters. The fraction of sp³-hybridized carbons (Fsp3) is 0.500. The van der Waals surface area contributed by atoms with E-state index in [0.29, 0.717) is 18.0 Å². The molecule has 2 saturated heterocycles. The van der Waals surface area contributed by atoms with Gasteiger partial charge < -0.3 is 24.6 Å². The zero-order chi connectivity index (χ0) is 37.2. The van der Waals surface area contributed by atoms with E-state index in [0.717, 1.165) is 16.8 Å². The van der Waals surface area contributed by atoms with Gasteiger partial charge in [0.05, 0.1) is 17.8 Å². The van der Waals surface area contributed by atoms with E-state index in [4.69, 9.17) is 14.5 Å². The Balaban J connectivity index is 1.41. The Morgan fingerprint density at radius 1 is 1.02 bits per heavy atom. The maximum atomic E-state index is 14.6. The number of carbonyl (C=O) groups excluding carboxylic acids is 4. The quantitative estimate of drug-likeness (QED) is 0.284. The molecule has 5 atom stereocenters. The van der Waals surface area contributed by atoms with Crippen LogP contribution in [0.25, 0.3) is 10.6 Å². The van der Waals surface area contributed by atoms with Crippen molar-refractivity contribution in [2.24, 2.45) is 5.41 Å². The van der Waals surface area contributed by atoms with Gasteiger partial charge in [-0.15, -0.1) is 11.3 Å². The van der Waals surface area contributed by atoms with Crippen LogP contribution >= 0.6 is 11.3 Å².